The van der Waals surface area contributed by atoms with Crippen molar-refractivity contribution in [3.63, 3.8) is 0 Å². The fraction of sp³-hybridized carbons (Fsp3) is 0.700. The van der Waals surface area contributed by atoms with Crippen LogP contribution in [0.2, 0.25) is 0 Å². The average molecular weight is 250 g/mol. The maximum atomic E-state index is 12.0. The first-order valence-corrected chi connectivity index (χ1v) is 6.17. The molecule has 16 heavy (non-hydrogen) atoms. The molecule has 1 aromatic heterocycles. The van der Waals surface area contributed by atoms with Crippen molar-refractivity contribution in [2.75, 3.05) is 6.54 Å². The number of hydrogen-bond donors (Lipinski definition) is 1. The van der Waals surface area contributed by atoms with Crippen LogP contribution in [0, 0.1) is 0 Å². The SMILES string of the molecule is FC(F)(F)CCc1nc(C2CCCN2)cs1. The number of alkyl halides is 3. The number of hydrogen-bond acceptors (Lipinski definition) is 3. The smallest absolute Gasteiger partial charge is 0.309 e. The van der Waals surface area contributed by atoms with E-state index in [0.29, 0.717) is 5.01 Å². The van der Waals surface area contributed by atoms with Crippen molar-refractivity contribution in [3.05, 3.63) is 16.1 Å². The van der Waals surface area contributed by atoms with E-state index in [1.165, 1.54) is 11.3 Å². The number of rotatable bonds is 3. The van der Waals surface area contributed by atoms with Gasteiger partial charge in [0.25, 0.3) is 0 Å². The Labute approximate surface area is 95.9 Å². The van der Waals surface area contributed by atoms with Crippen LogP contribution in [0.4, 0.5) is 13.2 Å². The predicted octanol–water partition coefficient (Wildman–Crippen LogP) is 3.06. The van der Waals surface area contributed by atoms with Gasteiger partial charge in [-0.1, -0.05) is 0 Å². The van der Waals surface area contributed by atoms with E-state index in [2.05, 4.69) is 10.3 Å². The number of nitrogens with one attached hydrogen (secondary N) is 1. The summed E-state index contributed by atoms with van der Waals surface area (Å²) in [6.45, 7) is 0.972. The fourth-order valence-corrected chi connectivity index (χ4v) is 2.64. The summed E-state index contributed by atoms with van der Waals surface area (Å²) >= 11 is 1.33. The summed E-state index contributed by atoms with van der Waals surface area (Å²) in [5, 5.41) is 5.73. The molecule has 0 spiro atoms. The van der Waals surface area contributed by atoms with Crippen molar-refractivity contribution in [2.45, 2.75) is 37.9 Å². The molecular formula is C10H13F3N2S. The van der Waals surface area contributed by atoms with Crippen molar-refractivity contribution >= 4 is 11.3 Å². The van der Waals surface area contributed by atoms with Gasteiger partial charge < -0.3 is 5.32 Å². The minimum atomic E-state index is -4.09. The number of halogens is 3. The van der Waals surface area contributed by atoms with Gasteiger partial charge in [-0.3, -0.25) is 0 Å². The third-order valence-corrected chi connectivity index (χ3v) is 3.54. The van der Waals surface area contributed by atoms with Crippen LogP contribution in [0.3, 0.4) is 0 Å². The highest BCUT2D eigenvalue weighted by Crippen LogP contribution is 2.27. The molecule has 1 fully saturated rings. The lowest BCUT2D eigenvalue weighted by atomic mass is 10.2. The van der Waals surface area contributed by atoms with E-state index in [1.54, 1.807) is 0 Å². The lowest BCUT2D eigenvalue weighted by molar-refractivity contribution is -0.134. The minimum absolute atomic E-state index is 0.000880. The van der Waals surface area contributed by atoms with Gasteiger partial charge in [0.15, 0.2) is 0 Å². The van der Waals surface area contributed by atoms with Gasteiger partial charge in [0.1, 0.15) is 0 Å². The second kappa shape index (κ2) is 4.71. The Morgan fingerprint density at radius 1 is 1.50 bits per heavy atom. The molecule has 1 unspecified atom stereocenters. The largest absolute Gasteiger partial charge is 0.389 e. The second-order valence-electron chi connectivity index (χ2n) is 3.93. The fourth-order valence-electron chi connectivity index (χ4n) is 1.79. The Bertz CT molecular complexity index is 342. The Kier molecular flexibility index (Phi) is 3.49. The zero-order valence-electron chi connectivity index (χ0n) is 8.68. The Morgan fingerprint density at radius 2 is 2.31 bits per heavy atom. The molecule has 0 aliphatic carbocycles. The first-order chi connectivity index (χ1) is 7.54. The van der Waals surface area contributed by atoms with Crippen molar-refractivity contribution in [1.29, 1.82) is 0 Å². The van der Waals surface area contributed by atoms with Crippen LogP contribution in [0.1, 0.15) is 36.0 Å². The summed E-state index contributed by atoms with van der Waals surface area (Å²) in [6.07, 6.45) is -2.72. The maximum absolute atomic E-state index is 12.0. The van der Waals surface area contributed by atoms with Crippen LogP contribution in [0.15, 0.2) is 5.38 Å². The second-order valence-corrected chi connectivity index (χ2v) is 4.87. The van der Waals surface area contributed by atoms with Gasteiger partial charge in [0, 0.05) is 18.2 Å². The van der Waals surface area contributed by atoms with Crippen molar-refractivity contribution in [1.82, 2.24) is 10.3 Å². The molecule has 1 saturated heterocycles. The van der Waals surface area contributed by atoms with Crippen LogP contribution in [0.25, 0.3) is 0 Å². The highest BCUT2D eigenvalue weighted by molar-refractivity contribution is 7.09. The van der Waals surface area contributed by atoms with Gasteiger partial charge in [0.05, 0.1) is 16.7 Å². The summed E-state index contributed by atoms with van der Waals surface area (Å²) < 4.78 is 36.0. The number of nitrogens with zero attached hydrogens (tertiary/aromatic N) is 1. The highest BCUT2D eigenvalue weighted by atomic mass is 32.1. The average Bonchev–Trinajstić information content (AvgIpc) is 2.84. The third kappa shape index (κ3) is 3.18. The molecule has 1 aliphatic heterocycles. The van der Waals surface area contributed by atoms with Crippen LogP contribution in [-0.4, -0.2) is 17.7 Å². The van der Waals surface area contributed by atoms with Gasteiger partial charge >= 0.3 is 6.18 Å². The molecule has 90 valence electrons. The predicted molar refractivity (Wildman–Crippen MR) is 56.5 cm³/mol. The molecule has 1 atom stereocenters. The van der Waals surface area contributed by atoms with E-state index in [9.17, 15) is 13.2 Å². The Balaban J connectivity index is 1.91. The Morgan fingerprint density at radius 3 is 2.94 bits per heavy atom. The quantitative estimate of drug-likeness (QED) is 0.891. The molecule has 2 nitrogen and oxygen atoms in total. The molecule has 6 heteroatoms. The summed E-state index contributed by atoms with van der Waals surface area (Å²) in [6, 6.07) is 0.246. The third-order valence-electron chi connectivity index (χ3n) is 2.61. The normalized spacial score (nSPS) is 21.6. The van der Waals surface area contributed by atoms with Crippen molar-refractivity contribution < 1.29 is 13.2 Å². The summed E-state index contributed by atoms with van der Waals surface area (Å²) in [7, 11) is 0. The topological polar surface area (TPSA) is 24.9 Å². The first-order valence-electron chi connectivity index (χ1n) is 5.29. The molecule has 0 bridgehead atoms. The number of aromatic nitrogens is 1. The van der Waals surface area contributed by atoms with E-state index >= 15 is 0 Å². The molecule has 0 saturated carbocycles. The van der Waals surface area contributed by atoms with Crippen LogP contribution >= 0.6 is 11.3 Å². The Hall–Kier alpha value is -0.620. The molecule has 1 aromatic rings. The van der Waals surface area contributed by atoms with Gasteiger partial charge in [-0.25, -0.2) is 4.98 Å². The highest BCUT2D eigenvalue weighted by Gasteiger charge is 2.27. The first kappa shape index (κ1) is 11.9. The summed E-state index contributed by atoms with van der Waals surface area (Å²) in [4.78, 5) is 4.25. The molecule has 1 aliphatic rings. The van der Waals surface area contributed by atoms with E-state index in [0.717, 1.165) is 25.1 Å². The summed E-state index contributed by atoms with van der Waals surface area (Å²) in [5.74, 6) is 0. The minimum Gasteiger partial charge on any atom is -0.309 e. The molecule has 1 N–H and O–H groups in total. The molecule has 0 radical (unpaired) electrons. The van der Waals surface area contributed by atoms with Crippen LogP contribution in [0.5, 0.6) is 0 Å². The maximum Gasteiger partial charge on any atom is 0.389 e. The van der Waals surface area contributed by atoms with Crippen LogP contribution < -0.4 is 5.32 Å². The zero-order chi connectivity index (χ0) is 11.6. The number of aryl methyl sites for hydroxylation is 1. The van der Waals surface area contributed by atoms with E-state index in [-0.39, 0.29) is 12.5 Å². The van der Waals surface area contributed by atoms with Gasteiger partial charge in [-0.2, -0.15) is 13.2 Å². The van der Waals surface area contributed by atoms with Gasteiger partial charge in [-0.05, 0) is 19.4 Å². The van der Waals surface area contributed by atoms with Gasteiger partial charge in [0.2, 0.25) is 0 Å². The van der Waals surface area contributed by atoms with Crippen molar-refractivity contribution in [3.8, 4) is 0 Å². The molecule has 2 heterocycles. The monoisotopic (exact) mass is 250 g/mol. The van der Waals surface area contributed by atoms with E-state index in [1.807, 2.05) is 5.38 Å². The lowest BCUT2D eigenvalue weighted by Gasteiger charge is -2.05. The van der Waals surface area contributed by atoms with Gasteiger partial charge in [-0.15, -0.1) is 11.3 Å². The van der Waals surface area contributed by atoms with Crippen molar-refractivity contribution in [2.24, 2.45) is 0 Å². The van der Waals surface area contributed by atoms with E-state index < -0.39 is 12.6 Å². The standard InChI is InChI=1S/C10H13F3N2S/c11-10(12,13)4-3-9-15-8(6-16-9)7-2-1-5-14-7/h6-7,14H,1-5H2. The molecule has 0 aromatic carbocycles. The number of thiazole rings is 1. The molecule has 2 rings (SSSR count). The van der Waals surface area contributed by atoms with E-state index in [4.69, 9.17) is 0 Å². The van der Waals surface area contributed by atoms with Crippen LogP contribution in [-0.2, 0) is 6.42 Å². The summed E-state index contributed by atoms with van der Waals surface area (Å²) in [5.41, 5.74) is 0.902. The lowest BCUT2D eigenvalue weighted by Crippen LogP contribution is -2.13. The molecule has 0 amide bonds. The zero-order valence-corrected chi connectivity index (χ0v) is 9.50. The molecular weight excluding hydrogens is 237 g/mol.